The highest BCUT2D eigenvalue weighted by atomic mass is 32.2. The molecule has 2 aliphatic rings. The number of fused-ring (bicyclic) bond motifs is 1. The normalized spacial score (nSPS) is 16.9. The van der Waals surface area contributed by atoms with Gasteiger partial charge < -0.3 is 10.2 Å². The number of aromatic amines is 1. The van der Waals surface area contributed by atoms with Crippen LogP contribution >= 0.6 is 11.8 Å². The fraction of sp³-hybridized carbons (Fsp3) is 0.273. The third-order valence-electron chi connectivity index (χ3n) is 2.74. The highest BCUT2D eigenvalue weighted by Crippen LogP contribution is 2.30. The summed E-state index contributed by atoms with van der Waals surface area (Å²) in [6.45, 7) is 1.60. The molecule has 1 aromatic heterocycles. The van der Waals surface area contributed by atoms with Crippen LogP contribution in [0, 0.1) is 0 Å². The second-order valence-corrected chi connectivity index (χ2v) is 4.89. The van der Waals surface area contributed by atoms with Crippen LogP contribution in [0.5, 0.6) is 0 Å². The summed E-state index contributed by atoms with van der Waals surface area (Å²) in [6.07, 6.45) is 1.61. The molecule has 3 rings (SSSR count). The molecular weight excluding hydrogens is 266 g/mol. The first kappa shape index (κ1) is 12.0. The molecule has 0 saturated carbocycles. The first-order valence-corrected chi connectivity index (χ1v) is 6.63. The van der Waals surface area contributed by atoms with E-state index < -0.39 is 5.69 Å². The summed E-state index contributed by atoms with van der Waals surface area (Å²) >= 11 is 1.54. The Labute approximate surface area is 112 Å². The molecule has 0 saturated heterocycles. The van der Waals surface area contributed by atoms with Crippen molar-refractivity contribution in [3.05, 3.63) is 33.9 Å². The molecule has 7 nitrogen and oxygen atoms in total. The highest BCUT2D eigenvalue weighted by molar-refractivity contribution is 8.16. The number of aliphatic imine (C=N–C) groups is 1. The molecule has 0 aromatic carbocycles. The minimum atomic E-state index is -0.484. The van der Waals surface area contributed by atoms with E-state index in [1.165, 1.54) is 18.0 Å². The molecular formula is C11H11N5O2S. The molecule has 1 aromatic rings. The molecule has 0 spiro atoms. The maximum absolute atomic E-state index is 11.9. The van der Waals surface area contributed by atoms with E-state index in [9.17, 15) is 9.59 Å². The molecule has 1 amide bonds. The number of amidine groups is 1. The van der Waals surface area contributed by atoms with Gasteiger partial charge in [-0.3, -0.25) is 14.8 Å². The third kappa shape index (κ3) is 2.53. The lowest BCUT2D eigenvalue weighted by Crippen LogP contribution is -2.25. The lowest BCUT2D eigenvalue weighted by Gasteiger charge is -2.15. The van der Waals surface area contributed by atoms with Gasteiger partial charge in [-0.2, -0.15) is 0 Å². The van der Waals surface area contributed by atoms with Crippen LogP contribution in [-0.4, -0.2) is 39.0 Å². The molecule has 0 unspecified atom stereocenters. The number of anilines is 1. The number of carbonyl (C=O) groups excluding carboxylic acids is 1. The maximum atomic E-state index is 11.9. The average Bonchev–Trinajstić information content (AvgIpc) is 2.94. The fourth-order valence-electron chi connectivity index (χ4n) is 1.92. The van der Waals surface area contributed by atoms with Crippen LogP contribution in [0.3, 0.4) is 0 Å². The van der Waals surface area contributed by atoms with Gasteiger partial charge in [0.2, 0.25) is 5.91 Å². The molecule has 98 valence electrons. The van der Waals surface area contributed by atoms with Crippen LogP contribution < -0.4 is 11.0 Å². The number of thioether (sulfide) groups is 1. The topological polar surface area (TPSA) is 90.4 Å². The van der Waals surface area contributed by atoms with E-state index in [1.54, 1.807) is 6.07 Å². The van der Waals surface area contributed by atoms with Crippen molar-refractivity contribution in [3.63, 3.8) is 0 Å². The molecule has 0 radical (unpaired) electrons. The Morgan fingerprint density at radius 3 is 3.32 bits per heavy atom. The molecule has 0 bridgehead atoms. The van der Waals surface area contributed by atoms with Gasteiger partial charge >= 0.3 is 5.69 Å². The fourth-order valence-corrected chi connectivity index (χ4v) is 2.87. The molecule has 8 heteroatoms. The van der Waals surface area contributed by atoms with Crippen molar-refractivity contribution in [1.82, 2.24) is 14.9 Å². The number of carbonyl (C=O) groups is 1. The Hall–Kier alpha value is -2.09. The van der Waals surface area contributed by atoms with Crippen LogP contribution in [0.2, 0.25) is 0 Å². The second-order valence-electron chi connectivity index (χ2n) is 4.06. The van der Waals surface area contributed by atoms with Gasteiger partial charge in [-0.05, 0) is 11.5 Å². The Bertz CT molecular complexity index is 636. The number of nitrogens with one attached hydrogen (secondary N) is 2. The number of aromatic nitrogens is 2. The molecule has 19 heavy (non-hydrogen) atoms. The van der Waals surface area contributed by atoms with Crippen molar-refractivity contribution >= 4 is 28.7 Å². The predicted molar refractivity (Wildman–Crippen MR) is 72.8 cm³/mol. The first-order chi connectivity index (χ1) is 9.22. The minimum absolute atomic E-state index is 0.179. The van der Waals surface area contributed by atoms with E-state index in [4.69, 9.17) is 0 Å². The zero-order valence-corrected chi connectivity index (χ0v) is 10.7. The highest BCUT2D eigenvalue weighted by Gasteiger charge is 2.27. The van der Waals surface area contributed by atoms with Crippen molar-refractivity contribution in [3.8, 4) is 0 Å². The Morgan fingerprint density at radius 1 is 1.58 bits per heavy atom. The Kier molecular flexibility index (Phi) is 3.08. The summed E-state index contributed by atoms with van der Waals surface area (Å²) < 4.78 is 0. The van der Waals surface area contributed by atoms with Gasteiger partial charge in [0.15, 0.2) is 5.17 Å². The van der Waals surface area contributed by atoms with E-state index in [1.807, 2.05) is 10.3 Å². The summed E-state index contributed by atoms with van der Waals surface area (Å²) in [5.74, 6) is 0.174. The smallest absolute Gasteiger partial charge is 0.322 e. The first-order valence-electron chi connectivity index (χ1n) is 5.75. The number of amides is 1. The average molecular weight is 277 g/mol. The zero-order valence-electron chi connectivity index (χ0n) is 9.92. The number of rotatable bonds is 3. The van der Waals surface area contributed by atoms with E-state index in [-0.39, 0.29) is 12.3 Å². The minimum Gasteiger partial charge on any atom is -0.322 e. The van der Waals surface area contributed by atoms with Gasteiger partial charge in [0.05, 0.1) is 13.0 Å². The number of hydrogen-bond donors (Lipinski definition) is 2. The van der Waals surface area contributed by atoms with Gasteiger partial charge in [-0.15, -0.1) is 0 Å². The van der Waals surface area contributed by atoms with Crippen LogP contribution in [0.15, 0.2) is 33.2 Å². The van der Waals surface area contributed by atoms with Crippen LogP contribution in [-0.2, 0) is 4.79 Å². The van der Waals surface area contributed by atoms with Crippen molar-refractivity contribution in [2.45, 2.75) is 6.42 Å². The van der Waals surface area contributed by atoms with Gasteiger partial charge in [0, 0.05) is 18.4 Å². The van der Waals surface area contributed by atoms with E-state index in [0.29, 0.717) is 5.82 Å². The predicted octanol–water partition coefficient (Wildman–Crippen LogP) is 0.358. The summed E-state index contributed by atoms with van der Waals surface area (Å²) in [6, 6.07) is 1.54. The summed E-state index contributed by atoms with van der Waals surface area (Å²) in [4.78, 5) is 35.2. The summed E-state index contributed by atoms with van der Waals surface area (Å²) in [7, 11) is 0. The zero-order chi connectivity index (χ0) is 13.2. The van der Waals surface area contributed by atoms with Crippen LogP contribution in [0.1, 0.15) is 6.42 Å². The number of H-pyrrole nitrogens is 1. The number of hydrogen-bond acceptors (Lipinski definition) is 6. The molecule has 2 aliphatic heterocycles. The quantitative estimate of drug-likeness (QED) is 0.832. The number of nitrogens with zero attached hydrogens (tertiary/aromatic N) is 3. The lowest BCUT2D eigenvalue weighted by atomic mass is 10.3. The van der Waals surface area contributed by atoms with Crippen molar-refractivity contribution in [2.24, 2.45) is 4.99 Å². The third-order valence-corrected chi connectivity index (χ3v) is 3.69. The molecule has 2 N–H and O–H groups in total. The van der Waals surface area contributed by atoms with Gasteiger partial charge in [0.1, 0.15) is 5.82 Å². The van der Waals surface area contributed by atoms with Gasteiger partial charge in [-0.25, -0.2) is 9.78 Å². The lowest BCUT2D eigenvalue weighted by molar-refractivity contribution is -0.115. The monoisotopic (exact) mass is 277 g/mol. The molecule has 0 fully saturated rings. The maximum Gasteiger partial charge on any atom is 0.346 e. The van der Waals surface area contributed by atoms with Crippen molar-refractivity contribution in [2.75, 3.05) is 18.4 Å². The second kappa shape index (κ2) is 4.88. The van der Waals surface area contributed by atoms with E-state index in [0.717, 1.165) is 24.0 Å². The van der Waals surface area contributed by atoms with Crippen molar-refractivity contribution < 1.29 is 4.79 Å². The molecule has 3 heterocycles. The van der Waals surface area contributed by atoms with Gasteiger partial charge in [0.25, 0.3) is 0 Å². The summed E-state index contributed by atoms with van der Waals surface area (Å²) in [5, 5.41) is 5.53. The Balaban J connectivity index is 1.63. The largest absolute Gasteiger partial charge is 0.346 e. The molecule has 0 atom stereocenters. The van der Waals surface area contributed by atoms with Crippen LogP contribution in [0.25, 0.3) is 0 Å². The van der Waals surface area contributed by atoms with E-state index in [2.05, 4.69) is 20.3 Å². The SMILES string of the molecule is O=C(CC1=CSC2=NCCN12)Nc1ccnc(=O)[nH]1. The summed E-state index contributed by atoms with van der Waals surface area (Å²) in [5.41, 5.74) is 0.456. The molecule has 0 aliphatic carbocycles. The standard InChI is InChI=1S/C11H11N5O2S/c17-9(14-8-1-2-12-10(18)15-8)5-7-6-19-11-13-3-4-16(7)11/h1-2,6H,3-5H2,(H2,12,14,15,17,18). The van der Waals surface area contributed by atoms with E-state index >= 15 is 0 Å². The van der Waals surface area contributed by atoms with Crippen LogP contribution in [0.4, 0.5) is 5.82 Å². The Morgan fingerprint density at radius 2 is 2.47 bits per heavy atom. The van der Waals surface area contributed by atoms with Crippen molar-refractivity contribution in [1.29, 1.82) is 0 Å². The van der Waals surface area contributed by atoms with Gasteiger partial charge in [-0.1, -0.05) is 11.8 Å².